The number of hydrogen-bond donors (Lipinski definition) is 0. The van der Waals surface area contributed by atoms with Crippen LogP contribution in [-0.2, 0) is 14.6 Å². The van der Waals surface area contributed by atoms with Crippen LogP contribution in [-0.4, -0.2) is 12.1 Å². The summed E-state index contributed by atoms with van der Waals surface area (Å²) in [7, 11) is 0. The van der Waals surface area contributed by atoms with E-state index in [1.807, 2.05) is 0 Å². The molecule has 3 heteroatoms. The molecule has 1 saturated carbocycles. The Labute approximate surface area is 118 Å². The summed E-state index contributed by atoms with van der Waals surface area (Å²) in [5.41, 5.74) is 0.393. The molecular weight excluding hydrogens is 240 g/mol. The summed E-state index contributed by atoms with van der Waals surface area (Å²) in [6, 6.07) is 0. The van der Waals surface area contributed by atoms with Crippen molar-refractivity contribution in [1.82, 2.24) is 0 Å². The van der Waals surface area contributed by atoms with Crippen molar-refractivity contribution < 1.29 is 14.6 Å². The molecule has 0 aromatic heterocycles. The molecule has 0 N–H and O–H groups in total. The van der Waals surface area contributed by atoms with Gasteiger partial charge in [-0.25, -0.2) is 4.79 Å². The molecule has 0 radical (unpaired) electrons. The van der Waals surface area contributed by atoms with Crippen LogP contribution in [0.25, 0.3) is 0 Å². The quantitative estimate of drug-likeness (QED) is 0.379. The Kier molecular flexibility index (Phi) is 7.44. The van der Waals surface area contributed by atoms with Gasteiger partial charge >= 0.3 is 5.97 Å². The molecule has 1 aliphatic carbocycles. The van der Waals surface area contributed by atoms with E-state index in [1.54, 1.807) is 0 Å². The maximum atomic E-state index is 11.5. The minimum atomic E-state index is -0.207. The van der Waals surface area contributed by atoms with Gasteiger partial charge in [0, 0.05) is 6.42 Å². The summed E-state index contributed by atoms with van der Waals surface area (Å²) >= 11 is 0. The van der Waals surface area contributed by atoms with Gasteiger partial charge in [0.05, 0.1) is 0 Å². The third-order valence-electron chi connectivity index (χ3n) is 3.64. The van der Waals surface area contributed by atoms with E-state index in [1.165, 1.54) is 32.1 Å². The second-order valence-corrected chi connectivity index (χ2v) is 6.93. The van der Waals surface area contributed by atoms with Crippen LogP contribution >= 0.6 is 0 Å². The van der Waals surface area contributed by atoms with Gasteiger partial charge in [0.2, 0.25) is 0 Å². The van der Waals surface area contributed by atoms with Crippen molar-refractivity contribution >= 4 is 5.97 Å². The summed E-state index contributed by atoms with van der Waals surface area (Å²) in [5.74, 6) is -0.207. The second kappa shape index (κ2) is 8.57. The first-order valence-electron chi connectivity index (χ1n) is 7.83. The van der Waals surface area contributed by atoms with Gasteiger partial charge in [-0.05, 0) is 31.1 Å². The summed E-state index contributed by atoms with van der Waals surface area (Å²) in [5, 5.41) is 0. The van der Waals surface area contributed by atoms with Gasteiger partial charge in [0.15, 0.2) is 0 Å². The Balaban J connectivity index is 1.95. The van der Waals surface area contributed by atoms with Crippen molar-refractivity contribution in [2.45, 2.75) is 91.1 Å². The highest BCUT2D eigenvalue weighted by atomic mass is 17.2. The molecule has 0 saturated heterocycles. The largest absolute Gasteiger partial charge is 0.342 e. The van der Waals surface area contributed by atoms with Crippen LogP contribution in [0.15, 0.2) is 0 Å². The minimum Gasteiger partial charge on any atom is -0.298 e. The maximum absolute atomic E-state index is 11.5. The molecule has 1 rings (SSSR count). The summed E-state index contributed by atoms with van der Waals surface area (Å²) in [6.45, 7) is 6.75. The lowest BCUT2D eigenvalue weighted by Crippen LogP contribution is -2.19. The van der Waals surface area contributed by atoms with Gasteiger partial charge in [0.1, 0.15) is 6.10 Å². The molecule has 0 bridgehead atoms. The fraction of sp³-hybridized carbons (Fsp3) is 0.938. The third kappa shape index (κ3) is 9.04. The van der Waals surface area contributed by atoms with Crippen molar-refractivity contribution in [2.75, 3.05) is 0 Å². The van der Waals surface area contributed by atoms with E-state index in [0.717, 1.165) is 25.7 Å². The predicted octanol–water partition coefficient (Wildman–Crippen LogP) is 4.79. The molecule has 112 valence electrons. The minimum absolute atomic E-state index is 0.138. The number of rotatable bonds is 7. The molecule has 0 amide bonds. The van der Waals surface area contributed by atoms with E-state index in [0.29, 0.717) is 11.8 Å². The van der Waals surface area contributed by atoms with Crippen LogP contribution in [0.3, 0.4) is 0 Å². The number of carbonyl (C=O) groups excluding carboxylic acids is 1. The monoisotopic (exact) mass is 270 g/mol. The molecular formula is C16H30O3. The highest BCUT2D eigenvalue weighted by Gasteiger charge is 2.16. The van der Waals surface area contributed by atoms with Crippen LogP contribution in [0, 0.1) is 5.41 Å². The van der Waals surface area contributed by atoms with Crippen molar-refractivity contribution in [1.29, 1.82) is 0 Å². The lowest BCUT2D eigenvalue weighted by molar-refractivity contribution is -0.302. The molecule has 3 nitrogen and oxygen atoms in total. The van der Waals surface area contributed by atoms with E-state index < -0.39 is 0 Å². The van der Waals surface area contributed by atoms with Crippen molar-refractivity contribution in [3.63, 3.8) is 0 Å². The van der Waals surface area contributed by atoms with Gasteiger partial charge in [-0.2, -0.15) is 4.89 Å². The normalized spacial score (nSPS) is 17.4. The fourth-order valence-electron chi connectivity index (χ4n) is 2.43. The lowest BCUT2D eigenvalue weighted by Gasteiger charge is -2.19. The predicted molar refractivity (Wildman–Crippen MR) is 76.6 cm³/mol. The maximum Gasteiger partial charge on any atom is 0.342 e. The standard InChI is InChI=1S/C16H30O3/c1-16(2,3)13-9-5-8-12-15(17)19-18-14-10-6-4-7-11-14/h14H,4-13H2,1-3H3. The van der Waals surface area contributed by atoms with E-state index in [9.17, 15) is 4.79 Å². The average Bonchev–Trinajstić information content (AvgIpc) is 2.36. The molecule has 0 aromatic carbocycles. The molecule has 0 atom stereocenters. The van der Waals surface area contributed by atoms with Crippen LogP contribution in [0.2, 0.25) is 0 Å². The van der Waals surface area contributed by atoms with Gasteiger partial charge in [-0.15, -0.1) is 0 Å². The number of unbranched alkanes of at least 4 members (excludes halogenated alkanes) is 2. The zero-order valence-corrected chi connectivity index (χ0v) is 12.9. The molecule has 0 spiro atoms. The van der Waals surface area contributed by atoms with Crippen LogP contribution in [0.1, 0.15) is 85.0 Å². The number of carbonyl (C=O) groups is 1. The highest BCUT2D eigenvalue weighted by Crippen LogP contribution is 2.23. The lowest BCUT2D eigenvalue weighted by atomic mass is 9.89. The molecule has 0 unspecified atom stereocenters. The molecule has 0 aliphatic heterocycles. The first-order valence-corrected chi connectivity index (χ1v) is 7.83. The van der Waals surface area contributed by atoms with E-state index >= 15 is 0 Å². The van der Waals surface area contributed by atoms with Crippen molar-refractivity contribution in [3.8, 4) is 0 Å². The van der Waals surface area contributed by atoms with E-state index in [4.69, 9.17) is 9.78 Å². The number of hydrogen-bond acceptors (Lipinski definition) is 3. The Bertz CT molecular complexity index is 249. The molecule has 0 aromatic rings. The zero-order chi connectivity index (χ0) is 14.1. The molecule has 19 heavy (non-hydrogen) atoms. The average molecular weight is 270 g/mol. The Morgan fingerprint density at radius 3 is 2.37 bits per heavy atom. The van der Waals surface area contributed by atoms with Gasteiger partial charge in [-0.1, -0.05) is 52.9 Å². The van der Waals surface area contributed by atoms with Crippen LogP contribution in [0.5, 0.6) is 0 Å². The van der Waals surface area contributed by atoms with Gasteiger partial charge in [-0.3, -0.25) is 4.89 Å². The zero-order valence-electron chi connectivity index (χ0n) is 12.9. The van der Waals surface area contributed by atoms with Gasteiger partial charge < -0.3 is 0 Å². The highest BCUT2D eigenvalue weighted by molar-refractivity contribution is 5.68. The van der Waals surface area contributed by atoms with Crippen molar-refractivity contribution in [2.24, 2.45) is 5.41 Å². The smallest absolute Gasteiger partial charge is 0.298 e. The van der Waals surface area contributed by atoms with Crippen molar-refractivity contribution in [3.05, 3.63) is 0 Å². The molecule has 0 heterocycles. The van der Waals surface area contributed by atoms with Gasteiger partial charge in [0.25, 0.3) is 0 Å². The van der Waals surface area contributed by atoms with E-state index in [-0.39, 0.29) is 12.1 Å². The summed E-state index contributed by atoms with van der Waals surface area (Å²) < 4.78 is 0. The second-order valence-electron chi connectivity index (χ2n) is 6.93. The Hall–Kier alpha value is -0.570. The first kappa shape index (κ1) is 16.5. The first-order chi connectivity index (χ1) is 8.97. The topological polar surface area (TPSA) is 35.5 Å². The van der Waals surface area contributed by atoms with Crippen LogP contribution in [0.4, 0.5) is 0 Å². The fourth-order valence-corrected chi connectivity index (χ4v) is 2.43. The summed E-state index contributed by atoms with van der Waals surface area (Å²) in [4.78, 5) is 21.6. The summed E-state index contributed by atoms with van der Waals surface area (Å²) in [6.07, 6.45) is 10.7. The third-order valence-corrected chi connectivity index (χ3v) is 3.64. The molecule has 1 aliphatic rings. The molecule has 1 fully saturated rings. The Morgan fingerprint density at radius 1 is 1.05 bits per heavy atom. The van der Waals surface area contributed by atoms with E-state index in [2.05, 4.69) is 20.8 Å². The Morgan fingerprint density at radius 2 is 1.74 bits per heavy atom. The SMILES string of the molecule is CC(C)(C)CCCCCC(=O)OOC1CCCCC1. The van der Waals surface area contributed by atoms with Crippen LogP contribution < -0.4 is 0 Å².